The molecule has 0 radical (unpaired) electrons. The second-order valence-electron chi connectivity index (χ2n) is 5.10. The molecular weight excluding hydrogens is 304 g/mol. The van der Waals surface area contributed by atoms with Crippen LogP contribution in [0.3, 0.4) is 0 Å². The van der Waals surface area contributed by atoms with Crippen molar-refractivity contribution in [1.29, 1.82) is 0 Å². The Morgan fingerprint density at radius 3 is 2.75 bits per heavy atom. The van der Waals surface area contributed by atoms with Crippen molar-refractivity contribution in [2.45, 2.75) is 20.0 Å². The molecule has 2 aromatic heterocycles. The van der Waals surface area contributed by atoms with Crippen LogP contribution >= 0.6 is 0 Å². The Morgan fingerprint density at radius 2 is 1.96 bits per heavy atom. The van der Waals surface area contributed by atoms with E-state index < -0.39 is 0 Å². The number of rotatable bonds is 6. The summed E-state index contributed by atoms with van der Waals surface area (Å²) < 4.78 is 7.45. The number of carbonyl (C=O) groups is 1. The highest BCUT2D eigenvalue weighted by Crippen LogP contribution is 2.22. The number of amides is 1. The van der Waals surface area contributed by atoms with Crippen LogP contribution in [0.25, 0.3) is 0 Å². The van der Waals surface area contributed by atoms with Crippen molar-refractivity contribution in [3.05, 3.63) is 72.2 Å². The van der Waals surface area contributed by atoms with Gasteiger partial charge in [-0.3, -0.25) is 9.48 Å². The van der Waals surface area contributed by atoms with Crippen molar-refractivity contribution in [1.82, 2.24) is 20.1 Å². The Balaban J connectivity index is 1.70. The predicted octanol–water partition coefficient (Wildman–Crippen LogP) is 3.02. The van der Waals surface area contributed by atoms with Gasteiger partial charge in [0.15, 0.2) is 0 Å². The lowest BCUT2D eigenvalue weighted by Gasteiger charge is -2.11. The second kappa shape index (κ2) is 7.41. The summed E-state index contributed by atoms with van der Waals surface area (Å²) in [6.45, 7) is 2.91. The maximum Gasteiger partial charge on any atom is 0.269 e. The number of aryl methyl sites for hydroxylation is 1. The zero-order valence-electron chi connectivity index (χ0n) is 13.3. The highest BCUT2D eigenvalue weighted by Gasteiger charge is 2.12. The summed E-state index contributed by atoms with van der Waals surface area (Å²) in [5.74, 6) is 1.00. The standard InChI is InChI=1S/C18H18N4O2/c1-2-22-16(10-12-21-22)17(23)20-13-14-7-6-11-19-18(14)24-15-8-4-3-5-9-15/h3-12H,2,13H2,1H3,(H,20,23). The van der Waals surface area contributed by atoms with Gasteiger partial charge in [-0.25, -0.2) is 4.98 Å². The van der Waals surface area contributed by atoms with Gasteiger partial charge in [-0.15, -0.1) is 0 Å². The van der Waals surface area contributed by atoms with Crippen LogP contribution in [0.2, 0.25) is 0 Å². The van der Waals surface area contributed by atoms with Gasteiger partial charge in [0.1, 0.15) is 11.4 Å². The van der Waals surface area contributed by atoms with E-state index in [4.69, 9.17) is 4.74 Å². The molecule has 6 heteroatoms. The lowest BCUT2D eigenvalue weighted by Crippen LogP contribution is -2.26. The molecule has 0 saturated heterocycles. The van der Waals surface area contributed by atoms with E-state index >= 15 is 0 Å². The molecule has 0 aliphatic rings. The zero-order valence-corrected chi connectivity index (χ0v) is 13.3. The second-order valence-corrected chi connectivity index (χ2v) is 5.10. The van der Waals surface area contributed by atoms with Gasteiger partial charge in [0.05, 0.1) is 0 Å². The summed E-state index contributed by atoms with van der Waals surface area (Å²) in [5, 5.41) is 6.99. The fraction of sp³-hybridized carbons (Fsp3) is 0.167. The lowest BCUT2D eigenvalue weighted by molar-refractivity contribution is 0.0940. The fourth-order valence-electron chi connectivity index (χ4n) is 2.29. The highest BCUT2D eigenvalue weighted by atomic mass is 16.5. The van der Waals surface area contributed by atoms with E-state index in [1.165, 1.54) is 0 Å². The Morgan fingerprint density at radius 1 is 1.12 bits per heavy atom. The number of carbonyl (C=O) groups excluding carboxylic acids is 1. The Labute approximate surface area is 140 Å². The molecule has 0 atom stereocenters. The minimum atomic E-state index is -0.177. The summed E-state index contributed by atoms with van der Waals surface area (Å²) >= 11 is 0. The van der Waals surface area contributed by atoms with Crippen molar-refractivity contribution in [2.24, 2.45) is 0 Å². The van der Waals surface area contributed by atoms with Crippen molar-refractivity contribution < 1.29 is 9.53 Å². The first-order valence-electron chi connectivity index (χ1n) is 7.74. The molecule has 6 nitrogen and oxygen atoms in total. The molecule has 1 amide bonds. The topological polar surface area (TPSA) is 69.0 Å². The minimum Gasteiger partial charge on any atom is -0.439 e. The van der Waals surface area contributed by atoms with Crippen molar-refractivity contribution >= 4 is 5.91 Å². The van der Waals surface area contributed by atoms with Crippen LogP contribution in [-0.2, 0) is 13.1 Å². The number of para-hydroxylation sites is 1. The third kappa shape index (κ3) is 3.60. The van der Waals surface area contributed by atoms with Crippen LogP contribution in [0.1, 0.15) is 23.0 Å². The van der Waals surface area contributed by atoms with Crippen LogP contribution in [0.5, 0.6) is 11.6 Å². The summed E-state index contributed by atoms with van der Waals surface area (Å²) in [5.41, 5.74) is 1.34. The monoisotopic (exact) mass is 322 g/mol. The van der Waals surface area contributed by atoms with Crippen LogP contribution < -0.4 is 10.1 Å². The minimum absolute atomic E-state index is 0.177. The van der Waals surface area contributed by atoms with Crippen molar-refractivity contribution in [2.75, 3.05) is 0 Å². The van der Waals surface area contributed by atoms with Crippen LogP contribution in [0, 0.1) is 0 Å². The van der Waals surface area contributed by atoms with Gasteiger partial charge in [-0.2, -0.15) is 5.10 Å². The largest absolute Gasteiger partial charge is 0.439 e. The Hall–Kier alpha value is -3.15. The molecule has 0 unspecified atom stereocenters. The third-order valence-corrected chi connectivity index (χ3v) is 3.50. The van der Waals surface area contributed by atoms with Gasteiger partial charge in [0.2, 0.25) is 5.88 Å². The smallest absolute Gasteiger partial charge is 0.269 e. The molecule has 1 aromatic carbocycles. The summed E-state index contributed by atoms with van der Waals surface area (Å²) in [7, 11) is 0. The van der Waals surface area contributed by atoms with Crippen LogP contribution in [0.4, 0.5) is 0 Å². The normalized spacial score (nSPS) is 10.4. The van der Waals surface area contributed by atoms with E-state index in [0.717, 1.165) is 5.56 Å². The number of hydrogen-bond acceptors (Lipinski definition) is 4. The number of nitrogens with zero attached hydrogens (tertiary/aromatic N) is 3. The number of benzene rings is 1. The SMILES string of the molecule is CCn1nccc1C(=O)NCc1cccnc1Oc1ccccc1. The molecule has 3 rings (SSSR count). The van der Waals surface area contributed by atoms with Gasteiger partial charge >= 0.3 is 0 Å². The number of nitrogens with one attached hydrogen (secondary N) is 1. The van der Waals surface area contributed by atoms with E-state index in [9.17, 15) is 4.79 Å². The van der Waals surface area contributed by atoms with Gasteiger partial charge in [0.25, 0.3) is 5.91 Å². The molecule has 1 N–H and O–H groups in total. The number of pyridine rings is 1. The van der Waals surface area contributed by atoms with Crippen LogP contribution in [0.15, 0.2) is 60.9 Å². The summed E-state index contributed by atoms with van der Waals surface area (Å²) in [4.78, 5) is 16.6. The van der Waals surface area contributed by atoms with E-state index in [1.807, 2.05) is 49.4 Å². The fourth-order valence-corrected chi connectivity index (χ4v) is 2.29. The first-order chi connectivity index (χ1) is 11.8. The first kappa shape index (κ1) is 15.7. The molecule has 0 saturated carbocycles. The lowest BCUT2D eigenvalue weighted by atomic mass is 10.2. The number of aromatic nitrogens is 3. The molecule has 3 aromatic rings. The molecule has 0 fully saturated rings. The van der Waals surface area contributed by atoms with E-state index in [1.54, 1.807) is 23.1 Å². The molecule has 122 valence electrons. The maximum absolute atomic E-state index is 12.3. The van der Waals surface area contributed by atoms with Crippen LogP contribution in [-0.4, -0.2) is 20.7 Å². The average Bonchev–Trinajstić information content (AvgIpc) is 3.10. The molecule has 0 spiro atoms. The highest BCUT2D eigenvalue weighted by molar-refractivity contribution is 5.92. The predicted molar refractivity (Wildman–Crippen MR) is 89.8 cm³/mol. The van der Waals surface area contributed by atoms with Gasteiger partial charge in [-0.05, 0) is 31.2 Å². The van der Waals surface area contributed by atoms with Gasteiger partial charge in [-0.1, -0.05) is 24.3 Å². The Kier molecular flexibility index (Phi) is 4.86. The van der Waals surface area contributed by atoms with E-state index in [0.29, 0.717) is 30.4 Å². The quantitative estimate of drug-likeness (QED) is 0.757. The summed E-state index contributed by atoms with van der Waals surface area (Å²) in [6.07, 6.45) is 3.28. The summed E-state index contributed by atoms with van der Waals surface area (Å²) in [6, 6.07) is 14.8. The first-order valence-corrected chi connectivity index (χ1v) is 7.74. The number of ether oxygens (including phenoxy) is 1. The maximum atomic E-state index is 12.3. The molecule has 0 aliphatic heterocycles. The zero-order chi connectivity index (χ0) is 16.8. The molecule has 0 aliphatic carbocycles. The number of hydrogen-bond donors (Lipinski definition) is 1. The molecule has 0 bridgehead atoms. The Bertz CT molecular complexity index is 815. The van der Waals surface area contributed by atoms with Gasteiger partial charge in [0, 0.05) is 31.0 Å². The third-order valence-electron chi connectivity index (χ3n) is 3.50. The van der Waals surface area contributed by atoms with E-state index in [2.05, 4.69) is 15.4 Å². The molecular formula is C18H18N4O2. The molecule has 2 heterocycles. The van der Waals surface area contributed by atoms with E-state index in [-0.39, 0.29) is 5.91 Å². The molecule has 24 heavy (non-hydrogen) atoms. The van der Waals surface area contributed by atoms with Gasteiger partial charge < -0.3 is 10.1 Å². The van der Waals surface area contributed by atoms with Crippen molar-refractivity contribution in [3.8, 4) is 11.6 Å². The van der Waals surface area contributed by atoms with Crippen molar-refractivity contribution in [3.63, 3.8) is 0 Å². The average molecular weight is 322 g/mol.